The number of nitrogens with zero attached hydrogens (tertiary/aromatic N) is 2. The van der Waals surface area contributed by atoms with Crippen molar-refractivity contribution < 1.29 is 4.79 Å². The van der Waals surface area contributed by atoms with Gasteiger partial charge < -0.3 is 5.32 Å². The molecule has 0 spiro atoms. The summed E-state index contributed by atoms with van der Waals surface area (Å²) in [7, 11) is 0. The average molecular weight is 363 g/mol. The SMILES string of the molecule is CC(C)CC(NC(=O)CCn1ncc(=O)c2ccccc21)c1ccccc1. The first-order chi connectivity index (χ1) is 13.0. The van der Waals surface area contributed by atoms with Gasteiger partial charge in [0.15, 0.2) is 0 Å². The molecule has 3 rings (SSSR count). The van der Waals surface area contributed by atoms with Crippen molar-refractivity contribution in [3.8, 4) is 0 Å². The zero-order valence-electron chi connectivity index (χ0n) is 15.8. The lowest BCUT2D eigenvalue weighted by molar-refractivity contribution is -0.122. The summed E-state index contributed by atoms with van der Waals surface area (Å²) in [5, 5.41) is 7.96. The van der Waals surface area contributed by atoms with Crippen molar-refractivity contribution in [2.75, 3.05) is 0 Å². The third kappa shape index (κ3) is 4.82. The molecule has 140 valence electrons. The topological polar surface area (TPSA) is 64.0 Å². The Morgan fingerprint density at radius 2 is 1.78 bits per heavy atom. The first-order valence-corrected chi connectivity index (χ1v) is 9.34. The summed E-state index contributed by atoms with van der Waals surface area (Å²) in [5.74, 6) is 0.453. The molecule has 27 heavy (non-hydrogen) atoms. The predicted octanol–water partition coefficient (Wildman–Crippen LogP) is 3.69. The van der Waals surface area contributed by atoms with Gasteiger partial charge in [0.1, 0.15) is 0 Å². The number of benzene rings is 2. The van der Waals surface area contributed by atoms with Crippen molar-refractivity contribution >= 4 is 16.8 Å². The molecule has 5 nitrogen and oxygen atoms in total. The minimum Gasteiger partial charge on any atom is -0.349 e. The molecule has 1 N–H and O–H groups in total. The predicted molar refractivity (Wildman–Crippen MR) is 107 cm³/mol. The number of fused-ring (bicyclic) bond motifs is 1. The molecule has 0 fully saturated rings. The van der Waals surface area contributed by atoms with Crippen LogP contribution in [0.3, 0.4) is 0 Å². The molecular weight excluding hydrogens is 338 g/mol. The van der Waals surface area contributed by atoms with Crippen LogP contribution in [0.5, 0.6) is 0 Å². The molecule has 0 bridgehead atoms. The van der Waals surface area contributed by atoms with Crippen LogP contribution in [0.15, 0.2) is 65.6 Å². The van der Waals surface area contributed by atoms with Gasteiger partial charge in [-0.3, -0.25) is 14.3 Å². The lowest BCUT2D eigenvalue weighted by atomic mass is 9.97. The highest BCUT2D eigenvalue weighted by Gasteiger charge is 2.16. The third-order valence-corrected chi connectivity index (χ3v) is 4.56. The van der Waals surface area contributed by atoms with Crippen molar-refractivity contribution in [3.05, 3.63) is 76.6 Å². The Labute approximate surface area is 159 Å². The first kappa shape index (κ1) is 18.8. The molecular formula is C22H25N3O2. The van der Waals surface area contributed by atoms with Crippen molar-refractivity contribution in [1.82, 2.24) is 15.1 Å². The normalized spacial score (nSPS) is 12.3. The highest BCUT2D eigenvalue weighted by atomic mass is 16.1. The van der Waals surface area contributed by atoms with Gasteiger partial charge in [-0.15, -0.1) is 0 Å². The number of hydrogen-bond acceptors (Lipinski definition) is 3. The van der Waals surface area contributed by atoms with Gasteiger partial charge in [0.05, 0.1) is 24.3 Å². The minimum atomic E-state index is -0.104. The molecule has 1 atom stereocenters. The van der Waals surface area contributed by atoms with Crippen LogP contribution in [0.2, 0.25) is 0 Å². The van der Waals surface area contributed by atoms with E-state index >= 15 is 0 Å². The fourth-order valence-electron chi connectivity index (χ4n) is 3.25. The van der Waals surface area contributed by atoms with Crippen molar-refractivity contribution in [2.24, 2.45) is 5.92 Å². The van der Waals surface area contributed by atoms with Gasteiger partial charge in [0.25, 0.3) is 0 Å². The number of nitrogens with one attached hydrogen (secondary N) is 1. The summed E-state index contributed by atoms with van der Waals surface area (Å²) in [6.45, 7) is 4.73. The molecule has 1 heterocycles. The van der Waals surface area contributed by atoms with Gasteiger partial charge >= 0.3 is 0 Å². The number of carbonyl (C=O) groups excluding carboxylic acids is 1. The van der Waals surface area contributed by atoms with E-state index in [1.165, 1.54) is 6.20 Å². The monoisotopic (exact) mass is 363 g/mol. The molecule has 0 aliphatic heterocycles. The van der Waals surface area contributed by atoms with Crippen LogP contribution in [0.25, 0.3) is 10.9 Å². The van der Waals surface area contributed by atoms with E-state index in [1.807, 2.05) is 48.5 Å². The molecule has 0 radical (unpaired) electrons. The molecule has 1 aromatic heterocycles. The summed E-state index contributed by atoms with van der Waals surface area (Å²) in [6.07, 6.45) is 2.50. The Balaban J connectivity index is 1.70. The molecule has 5 heteroatoms. The van der Waals surface area contributed by atoms with E-state index < -0.39 is 0 Å². The number of rotatable bonds is 7. The molecule has 1 amide bonds. The number of amides is 1. The van der Waals surface area contributed by atoms with Crippen LogP contribution >= 0.6 is 0 Å². The Hall–Kier alpha value is -2.95. The maximum Gasteiger partial charge on any atom is 0.222 e. The van der Waals surface area contributed by atoms with Crippen LogP contribution in [-0.4, -0.2) is 15.7 Å². The van der Waals surface area contributed by atoms with E-state index in [4.69, 9.17) is 0 Å². The second kappa shape index (κ2) is 8.62. The van der Waals surface area contributed by atoms with E-state index in [1.54, 1.807) is 10.7 Å². The second-order valence-corrected chi connectivity index (χ2v) is 7.16. The van der Waals surface area contributed by atoms with Crippen LogP contribution in [-0.2, 0) is 11.3 Å². The Morgan fingerprint density at radius 1 is 1.07 bits per heavy atom. The molecule has 0 saturated carbocycles. The van der Waals surface area contributed by atoms with Gasteiger partial charge in [-0.2, -0.15) is 5.10 Å². The fourth-order valence-corrected chi connectivity index (χ4v) is 3.25. The summed E-state index contributed by atoms with van der Waals surface area (Å²) < 4.78 is 1.72. The van der Waals surface area contributed by atoms with Gasteiger partial charge in [-0.25, -0.2) is 0 Å². The highest BCUT2D eigenvalue weighted by Crippen LogP contribution is 2.21. The lowest BCUT2D eigenvalue weighted by Crippen LogP contribution is -2.30. The van der Waals surface area contributed by atoms with Crippen LogP contribution in [0, 0.1) is 5.92 Å². The largest absolute Gasteiger partial charge is 0.349 e. The van der Waals surface area contributed by atoms with Crippen molar-refractivity contribution in [2.45, 2.75) is 39.3 Å². The van der Waals surface area contributed by atoms with Crippen LogP contribution in [0.1, 0.15) is 38.3 Å². The van der Waals surface area contributed by atoms with E-state index in [0.717, 1.165) is 17.5 Å². The second-order valence-electron chi connectivity index (χ2n) is 7.16. The molecule has 0 saturated heterocycles. The van der Waals surface area contributed by atoms with Crippen molar-refractivity contribution in [1.29, 1.82) is 0 Å². The van der Waals surface area contributed by atoms with E-state index in [2.05, 4.69) is 24.3 Å². The summed E-state index contributed by atoms with van der Waals surface area (Å²) in [6, 6.07) is 17.4. The van der Waals surface area contributed by atoms with E-state index in [9.17, 15) is 9.59 Å². The zero-order chi connectivity index (χ0) is 19.2. The lowest BCUT2D eigenvalue weighted by Gasteiger charge is -2.21. The number of aromatic nitrogens is 2. The van der Waals surface area contributed by atoms with Gasteiger partial charge in [0.2, 0.25) is 11.3 Å². The Kier molecular flexibility index (Phi) is 6.01. The maximum atomic E-state index is 12.6. The number of aryl methyl sites for hydroxylation is 1. The Morgan fingerprint density at radius 3 is 2.52 bits per heavy atom. The van der Waals surface area contributed by atoms with Crippen LogP contribution in [0.4, 0.5) is 0 Å². The first-order valence-electron chi connectivity index (χ1n) is 9.34. The molecule has 0 aliphatic rings. The average Bonchev–Trinajstić information content (AvgIpc) is 2.67. The summed E-state index contributed by atoms with van der Waals surface area (Å²) >= 11 is 0. The number of hydrogen-bond donors (Lipinski definition) is 1. The Bertz CT molecular complexity index is 964. The zero-order valence-corrected chi connectivity index (χ0v) is 15.8. The van der Waals surface area contributed by atoms with Crippen molar-refractivity contribution in [3.63, 3.8) is 0 Å². The van der Waals surface area contributed by atoms with E-state index in [-0.39, 0.29) is 17.4 Å². The maximum absolute atomic E-state index is 12.6. The molecule has 0 aliphatic carbocycles. The molecule has 3 aromatic rings. The summed E-state index contributed by atoms with van der Waals surface area (Å²) in [4.78, 5) is 24.5. The minimum absolute atomic E-state index is 0.00239. The summed E-state index contributed by atoms with van der Waals surface area (Å²) in [5.41, 5.74) is 1.76. The molecule has 2 aromatic carbocycles. The smallest absolute Gasteiger partial charge is 0.222 e. The van der Waals surface area contributed by atoms with Gasteiger partial charge in [-0.1, -0.05) is 56.3 Å². The van der Waals surface area contributed by atoms with Gasteiger partial charge in [0, 0.05) is 11.8 Å². The van der Waals surface area contributed by atoms with Gasteiger partial charge in [-0.05, 0) is 30.0 Å². The highest BCUT2D eigenvalue weighted by molar-refractivity contribution is 5.79. The molecule has 1 unspecified atom stereocenters. The third-order valence-electron chi connectivity index (χ3n) is 4.56. The fraction of sp³-hybridized carbons (Fsp3) is 0.318. The van der Waals surface area contributed by atoms with Crippen LogP contribution < -0.4 is 10.7 Å². The van der Waals surface area contributed by atoms with E-state index in [0.29, 0.717) is 24.3 Å². The quantitative estimate of drug-likeness (QED) is 0.696. The number of para-hydroxylation sites is 1. The number of carbonyl (C=O) groups is 1. The standard InChI is InChI=1S/C22H25N3O2/c1-16(2)14-19(17-8-4-3-5-9-17)24-22(27)12-13-25-20-11-7-6-10-18(20)21(26)15-23-25/h3-11,15-16,19H,12-14H2,1-2H3,(H,24,27).